The second kappa shape index (κ2) is 6.39. The van der Waals surface area contributed by atoms with Gasteiger partial charge in [-0.05, 0) is 24.3 Å². The molecule has 1 N–H and O–H groups in total. The first-order valence-electron chi connectivity index (χ1n) is 6.85. The second-order valence-electron chi connectivity index (χ2n) is 5.88. The fraction of sp³-hybridized carbons (Fsp3) is 0.467. The molecule has 0 fully saturated rings. The highest BCUT2D eigenvalue weighted by molar-refractivity contribution is 5.22. The van der Waals surface area contributed by atoms with Crippen LogP contribution in [-0.2, 0) is 6.54 Å². The number of aromatic nitrogens is 3. The fourth-order valence-corrected chi connectivity index (χ4v) is 1.90. The van der Waals surface area contributed by atoms with E-state index in [2.05, 4.69) is 10.1 Å². The Labute approximate surface area is 127 Å². The molecule has 1 aromatic carbocycles. The van der Waals surface area contributed by atoms with Crippen LogP contribution < -0.4 is 4.74 Å². The summed E-state index contributed by atoms with van der Waals surface area (Å²) in [5.41, 5.74) is -2.57. The number of ether oxygens (including phenoxy) is 1. The molecule has 0 saturated heterocycles. The summed E-state index contributed by atoms with van der Waals surface area (Å²) in [5.74, 6) is 0.0161. The third-order valence-electron chi connectivity index (χ3n) is 3.78. The maximum absolute atomic E-state index is 13.4. The molecule has 2 aromatic rings. The minimum Gasteiger partial charge on any atom is -0.490 e. The van der Waals surface area contributed by atoms with Crippen molar-refractivity contribution in [3.8, 4) is 5.75 Å². The van der Waals surface area contributed by atoms with Gasteiger partial charge in [-0.1, -0.05) is 13.8 Å². The van der Waals surface area contributed by atoms with Gasteiger partial charge in [0.15, 0.2) is 0 Å². The van der Waals surface area contributed by atoms with E-state index in [0.29, 0.717) is 5.75 Å². The predicted molar refractivity (Wildman–Crippen MR) is 76.6 cm³/mol. The third-order valence-corrected chi connectivity index (χ3v) is 3.78. The number of nitrogens with zero attached hydrogens (tertiary/aromatic N) is 3. The van der Waals surface area contributed by atoms with Crippen LogP contribution in [0.3, 0.4) is 0 Å². The Morgan fingerprint density at radius 1 is 1.27 bits per heavy atom. The van der Waals surface area contributed by atoms with Crippen LogP contribution in [0.15, 0.2) is 36.9 Å². The first kappa shape index (κ1) is 16.4. The quantitative estimate of drug-likeness (QED) is 0.852. The van der Waals surface area contributed by atoms with E-state index < -0.39 is 17.7 Å². The molecule has 2 rings (SSSR count). The molecule has 0 aliphatic rings. The summed E-state index contributed by atoms with van der Waals surface area (Å²) in [6.45, 7) is 2.36. The van der Waals surface area contributed by atoms with E-state index in [1.807, 2.05) is 0 Å². The molecule has 120 valence electrons. The van der Waals surface area contributed by atoms with Gasteiger partial charge in [-0.15, -0.1) is 0 Å². The zero-order valence-electron chi connectivity index (χ0n) is 12.5. The van der Waals surface area contributed by atoms with Crippen molar-refractivity contribution in [1.82, 2.24) is 14.8 Å². The average molecular weight is 311 g/mol. The van der Waals surface area contributed by atoms with Crippen LogP contribution in [0.5, 0.6) is 5.75 Å². The maximum atomic E-state index is 13.4. The number of benzene rings is 1. The summed E-state index contributed by atoms with van der Waals surface area (Å²) < 4.78 is 33.2. The van der Waals surface area contributed by atoms with Crippen molar-refractivity contribution >= 4 is 0 Å². The lowest BCUT2D eigenvalue weighted by Gasteiger charge is -2.40. The summed E-state index contributed by atoms with van der Waals surface area (Å²) in [4.78, 5) is 3.81. The normalized spacial score (nSPS) is 14.6. The van der Waals surface area contributed by atoms with Gasteiger partial charge in [0.1, 0.15) is 36.4 Å². The van der Waals surface area contributed by atoms with Crippen molar-refractivity contribution in [2.45, 2.75) is 26.0 Å². The van der Waals surface area contributed by atoms with Crippen LogP contribution >= 0.6 is 0 Å². The van der Waals surface area contributed by atoms with Crippen LogP contribution in [0.2, 0.25) is 0 Å². The lowest BCUT2D eigenvalue weighted by atomic mass is 9.76. The van der Waals surface area contributed by atoms with E-state index in [9.17, 15) is 13.9 Å². The third kappa shape index (κ3) is 3.59. The van der Waals surface area contributed by atoms with E-state index in [4.69, 9.17) is 4.74 Å². The Kier molecular flexibility index (Phi) is 4.75. The van der Waals surface area contributed by atoms with Crippen molar-refractivity contribution in [3.05, 3.63) is 42.7 Å². The van der Waals surface area contributed by atoms with Crippen LogP contribution in [-0.4, -0.2) is 38.8 Å². The van der Waals surface area contributed by atoms with Gasteiger partial charge in [0.2, 0.25) is 0 Å². The molecular formula is C15H19F2N3O2. The zero-order chi connectivity index (χ0) is 16.2. The summed E-state index contributed by atoms with van der Waals surface area (Å²) >= 11 is 0. The minimum atomic E-state index is -1.51. The van der Waals surface area contributed by atoms with Crippen molar-refractivity contribution in [2.75, 3.05) is 13.3 Å². The maximum Gasteiger partial charge on any atom is 0.137 e. The van der Waals surface area contributed by atoms with Crippen molar-refractivity contribution in [3.63, 3.8) is 0 Å². The van der Waals surface area contributed by atoms with Gasteiger partial charge in [0, 0.05) is 5.41 Å². The molecule has 0 bridgehead atoms. The SMILES string of the molecule is CC(C)(CF)C(O)(COc1ccc(F)cc1)Cn1cncn1. The number of hydrogen-bond acceptors (Lipinski definition) is 4. The van der Waals surface area contributed by atoms with Gasteiger partial charge in [-0.3, -0.25) is 4.39 Å². The molecule has 22 heavy (non-hydrogen) atoms. The lowest BCUT2D eigenvalue weighted by molar-refractivity contribution is -0.116. The van der Waals surface area contributed by atoms with Gasteiger partial charge in [-0.25, -0.2) is 14.1 Å². The smallest absolute Gasteiger partial charge is 0.137 e. The van der Waals surface area contributed by atoms with Crippen molar-refractivity contribution in [2.24, 2.45) is 5.41 Å². The van der Waals surface area contributed by atoms with Crippen molar-refractivity contribution in [1.29, 1.82) is 0 Å². The van der Waals surface area contributed by atoms with E-state index in [-0.39, 0.29) is 19.0 Å². The number of rotatable bonds is 7. The van der Waals surface area contributed by atoms with Crippen molar-refractivity contribution < 1.29 is 18.6 Å². The van der Waals surface area contributed by atoms with E-state index in [1.54, 1.807) is 13.8 Å². The van der Waals surface area contributed by atoms with Gasteiger partial charge in [0.05, 0.1) is 13.2 Å². The number of aliphatic hydroxyl groups is 1. The first-order valence-corrected chi connectivity index (χ1v) is 6.85. The standard InChI is InChI=1S/C15H19F2N3O2/c1-14(2,7-16)15(21,8-20-11-18-10-19-20)9-22-13-5-3-12(17)4-6-13/h3-6,10-11,21H,7-9H2,1-2H3. The van der Waals surface area contributed by atoms with Crippen LogP contribution in [0.4, 0.5) is 8.78 Å². The molecule has 1 atom stereocenters. The summed E-state index contributed by atoms with van der Waals surface area (Å²) in [6, 6.07) is 5.42. The highest BCUT2D eigenvalue weighted by Crippen LogP contribution is 2.33. The largest absolute Gasteiger partial charge is 0.490 e. The highest BCUT2D eigenvalue weighted by Gasteiger charge is 2.45. The average Bonchev–Trinajstić information content (AvgIpc) is 2.99. The van der Waals surface area contributed by atoms with Crippen LogP contribution in [0, 0.1) is 11.2 Å². The number of alkyl halides is 1. The van der Waals surface area contributed by atoms with E-state index >= 15 is 0 Å². The topological polar surface area (TPSA) is 60.2 Å². The monoisotopic (exact) mass is 311 g/mol. The molecule has 0 spiro atoms. The second-order valence-corrected chi connectivity index (χ2v) is 5.88. The van der Waals surface area contributed by atoms with Gasteiger partial charge in [0.25, 0.3) is 0 Å². The van der Waals surface area contributed by atoms with Crippen LogP contribution in [0.1, 0.15) is 13.8 Å². The Hall–Kier alpha value is -2.02. The fourth-order valence-electron chi connectivity index (χ4n) is 1.90. The predicted octanol–water partition coefficient (Wildman–Crippen LogP) is 2.22. The molecule has 0 aliphatic carbocycles. The molecular weight excluding hydrogens is 292 g/mol. The molecule has 5 nitrogen and oxygen atoms in total. The molecule has 7 heteroatoms. The summed E-state index contributed by atoms with van der Waals surface area (Å²) in [5, 5.41) is 14.8. The molecule has 0 aliphatic heterocycles. The lowest BCUT2D eigenvalue weighted by Crippen LogP contribution is -2.53. The summed E-state index contributed by atoms with van der Waals surface area (Å²) in [7, 11) is 0. The van der Waals surface area contributed by atoms with E-state index in [0.717, 1.165) is 0 Å². The zero-order valence-corrected chi connectivity index (χ0v) is 12.5. The molecule has 1 unspecified atom stereocenters. The van der Waals surface area contributed by atoms with Crippen LogP contribution in [0.25, 0.3) is 0 Å². The Bertz CT molecular complexity index is 587. The summed E-state index contributed by atoms with van der Waals surface area (Å²) in [6.07, 6.45) is 2.78. The Balaban J connectivity index is 2.15. The molecule has 1 aromatic heterocycles. The Morgan fingerprint density at radius 3 is 2.50 bits per heavy atom. The minimum absolute atomic E-state index is 0.0329. The molecule has 0 radical (unpaired) electrons. The van der Waals surface area contributed by atoms with E-state index in [1.165, 1.54) is 41.6 Å². The molecule has 0 saturated carbocycles. The molecule has 0 amide bonds. The van der Waals surface area contributed by atoms with Gasteiger partial charge < -0.3 is 9.84 Å². The van der Waals surface area contributed by atoms with Gasteiger partial charge >= 0.3 is 0 Å². The van der Waals surface area contributed by atoms with Gasteiger partial charge in [-0.2, -0.15) is 5.10 Å². The number of halogens is 2. The highest BCUT2D eigenvalue weighted by atomic mass is 19.1. The number of hydrogen-bond donors (Lipinski definition) is 1. The molecule has 1 heterocycles. The Morgan fingerprint density at radius 2 is 1.95 bits per heavy atom. The first-order chi connectivity index (χ1) is 10.4.